The summed E-state index contributed by atoms with van der Waals surface area (Å²) in [6.45, 7) is 7.22. The van der Waals surface area contributed by atoms with Gasteiger partial charge in [-0.1, -0.05) is 20.8 Å². The molecule has 4 rings (SSSR count). The van der Waals surface area contributed by atoms with Crippen LogP contribution in [0.2, 0.25) is 0 Å². The molecule has 29 heavy (non-hydrogen) atoms. The molecule has 0 unspecified atom stereocenters. The fourth-order valence-corrected chi connectivity index (χ4v) is 8.64. The second-order valence-corrected chi connectivity index (χ2v) is 11.4. The Bertz CT molecular complexity index is 659. The van der Waals surface area contributed by atoms with E-state index in [1.54, 1.807) is 0 Å². The molecule has 1 N–H and O–H groups in total. The van der Waals surface area contributed by atoms with Crippen LogP contribution in [-0.2, 0) is 14.3 Å². The van der Waals surface area contributed by atoms with Crippen molar-refractivity contribution >= 4 is 11.8 Å². The summed E-state index contributed by atoms with van der Waals surface area (Å²) in [5, 5.41) is 11.3. The van der Waals surface area contributed by atoms with Crippen molar-refractivity contribution in [1.82, 2.24) is 0 Å². The van der Waals surface area contributed by atoms with Gasteiger partial charge < -0.3 is 9.84 Å². The Morgan fingerprint density at radius 3 is 2.62 bits per heavy atom. The lowest BCUT2D eigenvalue weighted by molar-refractivity contribution is -0.169. The molecule has 164 valence electrons. The minimum atomic E-state index is -0.252. The molecule has 0 aromatic rings. The van der Waals surface area contributed by atoms with Gasteiger partial charge in [-0.05, 0) is 91.3 Å². The summed E-state index contributed by atoms with van der Waals surface area (Å²) >= 11 is 0. The predicted molar refractivity (Wildman–Crippen MR) is 112 cm³/mol. The molecule has 9 atom stereocenters. The third-order valence-corrected chi connectivity index (χ3v) is 10.3. The van der Waals surface area contributed by atoms with Crippen LogP contribution in [0.25, 0.3) is 0 Å². The second-order valence-electron chi connectivity index (χ2n) is 11.4. The van der Waals surface area contributed by atoms with E-state index in [0.29, 0.717) is 54.1 Å². The van der Waals surface area contributed by atoms with Gasteiger partial charge in [-0.25, -0.2) is 0 Å². The van der Waals surface area contributed by atoms with Crippen molar-refractivity contribution < 1.29 is 19.4 Å². The highest BCUT2D eigenvalue weighted by Gasteiger charge is 2.62. The summed E-state index contributed by atoms with van der Waals surface area (Å²) in [6, 6.07) is 0. The Morgan fingerprint density at radius 1 is 1.17 bits per heavy atom. The van der Waals surface area contributed by atoms with E-state index in [1.165, 1.54) is 32.8 Å². The van der Waals surface area contributed by atoms with E-state index in [2.05, 4.69) is 20.8 Å². The first kappa shape index (κ1) is 21.3. The van der Waals surface area contributed by atoms with Crippen LogP contribution in [0.15, 0.2) is 0 Å². The zero-order chi connectivity index (χ0) is 21.0. The monoisotopic (exact) mass is 404 g/mol. The highest BCUT2D eigenvalue weighted by atomic mass is 16.5. The first-order valence-corrected chi connectivity index (χ1v) is 12.0. The van der Waals surface area contributed by atoms with Crippen LogP contribution in [0.5, 0.6) is 0 Å². The molecule has 4 saturated carbocycles. The van der Waals surface area contributed by atoms with Crippen LogP contribution in [0.4, 0.5) is 0 Å². The normalized spacial score (nSPS) is 47.7. The van der Waals surface area contributed by atoms with Gasteiger partial charge >= 0.3 is 5.97 Å². The van der Waals surface area contributed by atoms with Crippen LogP contribution in [-0.4, -0.2) is 30.1 Å². The molecular weight excluding hydrogens is 364 g/mol. The number of esters is 1. The highest BCUT2D eigenvalue weighted by molar-refractivity contribution is 5.79. The van der Waals surface area contributed by atoms with Crippen molar-refractivity contribution in [2.24, 2.45) is 46.3 Å². The first-order chi connectivity index (χ1) is 13.7. The number of Topliss-reactive ketones (excluding diaryl/α,β-unsaturated/α-hetero) is 1. The largest absolute Gasteiger partial charge is 0.469 e. The van der Waals surface area contributed by atoms with Crippen molar-refractivity contribution in [3.63, 3.8) is 0 Å². The molecule has 0 bridgehead atoms. The van der Waals surface area contributed by atoms with Gasteiger partial charge in [0.25, 0.3) is 0 Å². The van der Waals surface area contributed by atoms with E-state index >= 15 is 0 Å². The lowest BCUT2D eigenvalue weighted by Gasteiger charge is -2.62. The molecule has 0 amide bonds. The summed E-state index contributed by atoms with van der Waals surface area (Å²) in [5.41, 5.74) is 0.499. The summed E-state index contributed by atoms with van der Waals surface area (Å²) < 4.78 is 4.85. The van der Waals surface area contributed by atoms with Crippen molar-refractivity contribution in [2.45, 2.75) is 91.1 Å². The Labute approximate surface area is 176 Å². The smallest absolute Gasteiger partial charge is 0.305 e. The van der Waals surface area contributed by atoms with Crippen molar-refractivity contribution in [3.05, 3.63) is 0 Å². The van der Waals surface area contributed by atoms with Crippen molar-refractivity contribution in [3.8, 4) is 0 Å². The van der Waals surface area contributed by atoms with E-state index in [0.717, 1.165) is 25.7 Å². The van der Waals surface area contributed by atoms with Gasteiger partial charge in [-0.2, -0.15) is 0 Å². The van der Waals surface area contributed by atoms with Crippen molar-refractivity contribution in [2.75, 3.05) is 7.11 Å². The second kappa shape index (κ2) is 7.66. The lowest BCUT2D eigenvalue weighted by atomic mass is 9.44. The molecule has 0 aliphatic heterocycles. The molecule has 0 saturated heterocycles. The number of methoxy groups -OCH3 is 1. The number of hydrogen-bond donors (Lipinski definition) is 1. The number of aliphatic hydroxyl groups excluding tert-OH is 1. The molecule has 4 heteroatoms. The molecule has 4 fully saturated rings. The molecule has 0 radical (unpaired) electrons. The van der Waals surface area contributed by atoms with E-state index in [1.807, 2.05) is 0 Å². The molecule has 0 aromatic heterocycles. The van der Waals surface area contributed by atoms with E-state index in [-0.39, 0.29) is 22.9 Å². The number of carbonyl (C=O) groups excluding carboxylic acids is 2. The van der Waals surface area contributed by atoms with Gasteiger partial charge in [0, 0.05) is 19.3 Å². The number of ketones is 1. The maximum absolute atomic E-state index is 12.1. The van der Waals surface area contributed by atoms with Gasteiger partial charge in [0.1, 0.15) is 5.78 Å². The van der Waals surface area contributed by atoms with Crippen LogP contribution in [0.1, 0.15) is 85.0 Å². The van der Waals surface area contributed by atoms with Gasteiger partial charge in [0.05, 0.1) is 13.2 Å². The minimum absolute atomic E-state index is 0.103. The van der Waals surface area contributed by atoms with Crippen LogP contribution < -0.4 is 0 Å². The SMILES string of the molecule is COC(=O)CC[C@@H](C)[C@H]1CC[C@H]2[C@@H]3[C@@H](O)C[C@@H]4CC(=O)CC[C@]4(C)[C@H]3CC[C@]12C. The third-order valence-electron chi connectivity index (χ3n) is 10.3. The van der Waals surface area contributed by atoms with Gasteiger partial charge in [0.2, 0.25) is 0 Å². The zero-order valence-corrected chi connectivity index (χ0v) is 18.8. The Morgan fingerprint density at radius 2 is 1.90 bits per heavy atom. The molecule has 0 spiro atoms. The molecule has 4 aliphatic carbocycles. The Hall–Kier alpha value is -0.900. The highest BCUT2D eigenvalue weighted by Crippen LogP contribution is 2.68. The number of rotatable bonds is 4. The maximum Gasteiger partial charge on any atom is 0.305 e. The van der Waals surface area contributed by atoms with E-state index in [4.69, 9.17) is 4.74 Å². The van der Waals surface area contributed by atoms with Gasteiger partial charge in [-0.15, -0.1) is 0 Å². The van der Waals surface area contributed by atoms with Crippen LogP contribution in [0, 0.1) is 46.3 Å². The molecule has 0 aromatic carbocycles. The van der Waals surface area contributed by atoms with Crippen LogP contribution in [0.3, 0.4) is 0 Å². The Balaban J connectivity index is 1.53. The number of hydrogen-bond acceptors (Lipinski definition) is 4. The summed E-state index contributed by atoms with van der Waals surface area (Å²) in [5.74, 6) is 3.35. The average Bonchev–Trinajstić information content (AvgIpc) is 3.04. The summed E-state index contributed by atoms with van der Waals surface area (Å²) in [4.78, 5) is 23.7. The van der Waals surface area contributed by atoms with Crippen molar-refractivity contribution in [1.29, 1.82) is 0 Å². The number of fused-ring (bicyclic) bond motifs is 5. The molecular formula is C25H40O4. The maximum atomic E-state index is 12.1. The number of carbonyl (C=O) groups is 2. The Kier molecular flexibility index (Phi) is 5.63. The topological polar surface area (TPSA) is 63.6 Å². The fourth-order valence-electron chi connectivity index (χ4n) is 8.64. The molecule has 4 nitrogen and oxygen atoms in total. The van der Waals surface area contributed by atoms with E-state index in [9.17, 15) is 14.7 Å². The van der Waals surface area contributed by atoms with Crippen LogP contribution >= 0.6 is 0 Å². The lowest BCUT2D eigenvalue weighted by Crippen LogP contribution is -2.58. The van der Waals surface area contributed by atoms with Gasteiger partial charge in [0.15, 0.2) is 0 Å². The number of aliphatic hydroxyl groups is 1. The first-order valence-electron chi connectivity index (χ1n) is 12.0. The summed E-state index contributed by atoms with van der Waals surface area (Å²) in [7, 11) is 1.47. The fraction of sp³-hybridized carbons (Fsp3) is 0.920. The molecule has 4 aliphatic rings. The number of ether oxygens (including phenoxy) is 1. The average molecular weight is 405 g/mol. The predicted octanol–water partition coefficient (Wildman–Crippen LogP) is 4.77. The third kappa shape index (κ3) is 3.38. The molecule has 0 heterocycles. The summed E-state index contributed by atoms with van der Waals surface area (Å²) in [6.07, 6.45) is 9.27. The van der Waals surface area contributed by atoms with Gasteiger partial charge in [-0.3, -0.25) is 9.59 Å². The minimum Gasteiger partial charge on any atom is -0.469 e. The quantitative estimate of drug-likeness (QED) is 0.685. The zero-order valence-electron chi connectivity index (χ0n) is 18.8. The van der Waals surface area contributed by atoms with E-state index < -0.39 is 0 Å². The standard InChI is InChI=1S/C25H40O4/c1-15(5-8-22(28)29-4)18-6-7-19-23-20(10-12-25(18,19)3)24(2)11-9-17(26)13-16(24)14-21(23)27/h15-16,18-21,23,27H,5-14H2,1-4H3/t15-,16+,18-,19+,20+,21+,23+,24+,25-/m1/s1.